The lowest BCUT2D eigenvalue weighted by molar-refractivity contribution is -0.259. The molecule has 10 unspecified atom stereocenters. The first kappa shape index (κ1) is 31.3. The predicted molar refractivity (Wildman–Crippen MR) is 166 cm³/mol. The average molecular weight is 565 g/mol. The van der Waals surface area contributed by atoms with Crippen molar-refractivity contribution in [1.29, 1.82) is 0 Å². The molecular formula is C33H64O3Si2. The van der Waals surface area contributed by atoms with Crippen LogP contribution in [0, 0.1) is 46.3 Å². The van der Waals surface area contributed by atoms with E-state index in [1.807, 2.05) is 0 Å². The van der Waals surface area contributed by atoms with Crippen LogP contribution in [0.4, 0.5) is 0 Å². The van der Waals surface area contributed by atoms with Gasteiger partial charge in [0.1, 0.15) is 0 Å². The zero-order valence-corrected chi connectivity index (χ0v) is 29.2. The maximum Gasteiger partial charge on any atom is 0.184 e. The molecule has 3 nitrogen and oxygen atoms in total. The highest BCUT2D eigenvalue weighted by atomic mass is 28.4. The first-order valence-corrected chi connectivity index (χ1v) is 23.3. The topological polar surface area (TPSA) is 38.7 Å². The van der Waals surface area contributed by atoms with E-state index in [2.05, 4.69) is 73.9 Å². The maximum absolute atomic E-state index is 12.8. The van der Waals surface area contributed by atoms with E-state index in [1.54, 1.807) is 0 Å². The van der Waals surface area contributed by atoms with E-state index in [4.69, 9.17) is 8.85 Å². The lowest BCUT2D eigenvalue weighted by Gasteiger charge is -2.67. The van der Waals surface area contributed by atoms with Crippen molar-refractivity contribution in [3.05, 3.63) is 0 Å². The van der Waals surface area contributed by atoms with E-state index in [0.717, 1.165) is 49.4 Å². The van der Waals surface area contributed by atoms with Gasteiger partial charge in [-0.3, -0.25) is 0 Å². The van der Waals surface area contributed by atoms with Crippen molar-refractivity contribution >= 4 is 16.6 Å². The summed E-state index contributed by atoms with van der Waals surface area (Å²) in [6.45, 7) is 26.3. The highest BCUT2D eigenvalue weighted by Gasteiger charge is 2.68. The second kappa shape index (κ2) is 10.9. The first-order chi connectivity index (χ1) is 17.4. The van der Waals surface area contributed by atoms with Gasteiger partial charge in [-0.05, 0) is 125 Å². The molecule has 0 amide bonds. The fourth-order valence-electron chi connectivity index (χ4n) is 10.4. The molecule has 10 atom stereocenters. The van der Waals surface area contributed by atoms with Gasteiger partial charge in [-0.1, -0.05) is 53.9 Å². The molecule has 0 aromatic carbocycles. The second-order valence-electron chi connectivity index (χ2n) is 17.3. The summed E-state index contributed by atoms with van der Waals surface area (Å²) in [5.74, 6) is 4.63. The zero-order chi connectivity index (χ0) is 28.3. The van der Waals surface area contributed by atoms with Crippen molar-refractivity contribution < 1.29 is 14.0 Å². The number of fused-ring (bicyclic) bond motifs is 5. The molecule has 222 valence electrons. The van der Waals surface area contributed by atoms with Gasteiger partial charge in [-0.25, -0.2) is 0 Å². The molecule has 0 aromatic heterocycles. The molecule has 4 saturated carbocycles. The summed E-state index contributed by atoms with van der Waals surface area (Å²) < 4.78 is 13.7. The molecule has 0 bridgehead atoms. The molecular weight excluding hydrogens is 501 g/mol. The predicted octanol–water partition coefficient (Wildman–Crippen LogP) is 9.27. The molecule has 0 radical (unpaired) electrons. The Balaban J connectivity index is 1.60. The summed E-state index contributed by atoms with van der Waals surface area (Å²) in [6, 6.07) is 0. The van der Waals surface area contributed by atoms with Gasteiger partial charge < -0.3 is 14.0 Å². The van der Waals surface area contributed by atoms with Gasteiger partial charge in [0, 0.05) is 17.9 Å². The summed E-state index contributed by atoms with van der Waals surface area (Å²) in [6.07, 6.45) is 13.8. The van der Waals surface area contributed by atoms with Gasteiger partial charge in [-0.15, -0.1) is 0 Å². The van der Waals surface area contributed by atoms with Crippen molar-refractivity contribution in [2.75, 3.05) is 0 Å². The fraction of sp³-hybridized carbons (Fsp3) is 1.00. The highest BCUT2D eigenvalue weighted by Crippen LogP contribution is 2.69. The molecule has 0 spiro atoms. The quantitative estimate of drug-likeness (QED) is 0.284. The second-order valence-corrected chi connectivity index (χ2v) is 26.2. The van der Waals surface area contributed by atoms with Crippen LogP contribution in [0.25, 0.3) is 0 Å². The molecule has 0 heterocycles. The first-order valence-electron chi connectivity index (χ1n) is 16.5. The van der Waals surface area contributed by atoms with E-state index in [0.29, 0.717) is 17.3 Å². The Morgan fingerprint density at radius 2 is 1.47 bits per heavy atom. The van der Waals surface area contributed by atoms with Crippen LogP contribution in [-0.4, -0.2) is 39.6 Å². The van der Waals surface area contributed by atoms with Crippen molar-refractivity contribution in [3.8, 4) is 0 Å². The van der Waals surface area contributed by atoms with Gasteiger partial charge in [0.05, 0.1) is 11.7 Å². The third kappa shape index (κ3) is 5.94. The molecule has 1 N–H and O–H groups in total. The molecule has 4 aliphatic rings. The molecule has 4 aliphatic carbocycles. The van der Waals surface area contributed by atoms with E-state index in [1.165, 1.54) is 44.9 Å². The van der Waals surface area contributed by atoms with Crippen LogP contribution in [0.5, 0.6) is 0 Å². The molecule has 0 aliphatic heterocycles. The van der Waals surface area contributed by atoms with Crippen molar-refractivity contribution in [2.24, 2.45) is 46.3 Å². The van der Waals surface area contributed by atoms with Gasteiger partial charge in [0.25, 0.3) is 0 Å². The van der Waals surface area contributed by atoms with E-state index >= 15 is 0 Å². The van der Waals surface area contributed by atoms with E-state index in [-0.39, 0.29) is 17.6 Å². The molecule has 5 heteroatoms. The molecule has 0 saturated heterocycles. The molecule has 38 heavy (non-hydrogen) atoms. The summed E-state index contributed by atoms with van der Waals surface area (Å²) in [7, 11) is -3.49. The summed E-state index contributed by atoms with van der Waals surface area (Å²) in [4.78, 5) is 0. The lowest BCUT2D eigenvalue weighted by Crippen LogP contribution is -2.70. The Hall–Kier alpha value is 0.314. The Morgan fingerprint density at radius 1 is 0.816 bits per heavy atom. The van der Waals surface area contributed by atoms with E-state index < -0.39 is 22.2 Å². The van der Waals surface area contributed by atoms with Crippen LogP contribution in [0.1, 0.15) is 105 Å². The lowest BCUT2D eigenvalue weighted by atomic mass is 9.42. The smallest absolute Gasteiger partial charge is 0.184 e. The number of aliphatic hydroxyl groups is 1. The Kier molecular flexibility index (Phi) is 8.93. The van der Waals surface area contributed by atoms with Crippen LogP contribution in [0.15, 0.2) is 0 Å². The highest BCUT2D eigenvalue weighted by molar-refractivity contribution is 6.70. The minimum Gasteiger partial charge on any atom is -0.415 e. The number of hydrogen-bond acceptors (Lipinski definition) is 3. The van der Waals surface area contributed by atoms with E-state index in [9.17, 15) is 5.11 Å². The third-order valence-electron chi connectivity index (χ3n) is 12.0. The monoisotopic (exact) mass is 564 g/mol. The Labute approximate surface area is 238 Å². The zero-order valence-electron chi connectivity index (χ0n) is 27.2. The number of rotatable bonds is 9. The van der Waals surface area contributed by atoms with Crippen LogP contribution in [0.2, 0.25) is 39.3 Å². The van der Waals surface area contributed by atoms with Gasteiger partial charge >= 0.3 is 0 Å². The molecule has 0 aromatic rings. The minimum atomic E-state index is -1.83. The van der Waals surface area contributed by atoms with Crippen LogP contribution in [-0.2, 0) is 8.85 Å². The third-order valence-corrected chi connectivity index (χ3v) is 14.0. The summed E-state index contributed by atoms with van der Waals surface area (Å²) >= 11 is 0. The summed E-state index contributed by atoms with van der Waals surface area (Å²) in [5, 5.41) is 12.8. The Morgan fingerprint density at radius 3 is 2.08 bits per heavy atom. The number of hydrogen-bond donors (Lipinski definition) is 1. The van der Waals surface area contributed by atoms with Crippen LogP contribution in [0.3, 0.4) is 0 Å². The minimum absolute atomic E-state index is 0.0432. The van der Waals surface area contributed by atoms with Crippen molar-refractivity contribution in [3.63, 3.8) is 0 Å². The van der Waals surface area contributed by atoms with Crippen molar-refractivity contribution in [1.82, 2.24) is 0 Å². The van der Waals surface area contributed by atoms with Crippen molar-refractivity contribution in [2.45, 2.75) is 162 Å². The van der Waals surface area contributed by atoms with Gasteiger partial charge in [-0.2, -0.15) is 0 Å². The average Bonchev–Trinajstić information content (AvgIpc) is 3.11. The van der Waals surface area contributed by atoms with Crippen LogP contribution < -0.4 is 0 Å². The molecule has 4 fully saturated rings. The largest absolute Gasteiger partial charge is 0.415 e. The normalized spacial score (nSPS) is 44.4. The van der Waals surface area contributed by atoms with Crippen LogP contribution >= 0.6 is 0 Å². The van der Waals surface area contributed by atoms with Gasteiger partial charge in [0.2, 0.25) is 0 Å². The maximum atomic E-state index is 12.8. The fourth-order valence-corrected chi connectivity index (χ4v) is 12.8. The standard InChI is InChI=1S/C33H64O3Si2/c1-23(2)13-12-14-24(3)27-15-16-28-26-21-30(36-38(9,10)11)33(34)22-25(35-37(6,7)8)17-20-32(33,5)29(26)18-19-31(27,28)4/h23-30,34H,12-22H2,1-11H3. The molecule has 4 rings (SSSR count). The SMILES string of the molecule is CC(C)CCCC(C)C1CCC2C3CC(O[Si](C)(C)C)C4(O)CC(O[Si](C)(C)C)CCC4(C)C3CCC12C. The summed E-state index contributed by atoms with van der Waals surface area (Å²) in [5.41, 5.74) is -0.374. The Bertz CT molecular complexity index is 818. The van der Waals surface area contributed by atoms with Gasteiger partial charge in [0.15, 0.2) is 16.6 Å².